The predicted octanol–water partition coefficient (Wildman–Crippen LogP) is 4.70. The summed E-state index contributed by atoms with van der Waals surface area (Å²) in [5.41, 5.74) is 3.03. The van der Waals surface area contributed by atoms with Crippen LogP contribution in [0.2, 0.25) is 0 Å². The zero-order chi connectivity index (χ0) is 29.4. The summed E-state index contributed by atoms with van der Waals surface area (Å²) >= 11 is 0. The molecular weight excluding hydrogens is 526 g/mol. The van der Waals surface area contributed by atoms with Crippen LogP contribution in [0.5, 0.6) is 5.75 Å². The first-order valence-corrected chi connectivity index (χ1v) is 14.7. The number of sulfonamides is 1. The lowest BCUT2D eigenvalue weighted by molar-refractivity contribution is -0.139. The fourth-order valence-electron chi connectivity index (χ4n) is 4.11. The molecule has 0 bridgehead atoms. The molecule has 0 aliphatic carbocycles. The maximum atomic E-state index is 14.0. The van der Waals surface area contributed by atoms with Gasteiger partial charge >= 0.3 is 0 Å². The summed E-state index contributed by atoms with van der Waals surface area (Å²) in [6.45, 7) is 9.54. The Morgan fingerprint density at radius 3 is 2.02 bits per heavy atom. The summed E-state index contributed by atoms with van der Waals surface area (Å²) in [7, 11) is -2.73. The minimum absolute atomic E-state index is 0.0459. The number of aryl methyl sites for hydroxylation is 2. The first-order chi connectivity index (χ1) is 18.9. The quantitative estimate of drug-likeness (QED) is 0.344. The number of rotatable bonds is 12. The van der Waals surface area contributed by atoms with E-state index in [1.807, 2.05) is 52.0 Å². The van der Waals surface area contributed by atoms with Crippen LogP contribution in [0.3, 0.4) is 0 Å². The molecule has 3 aromatic rings. The van der Waals surface area contributed by atoms with Crippen molar-refractivity contribution < 1.29 is 22.7 Å². The van der Waals surface area contributed by atoms with Gasteiger partial charge in [-0.2, -0.15) is 0 Å². The smallest absolute Gasteiger partial charge is 0.264 e. The topological polar surface area (TPSA) is 96.0 Å². The maximum Gasteiger partial charge on any atom is 0.264 e. The lowest BCUT2D eigenvalue weighted by Gasteiger charge is -2.32. The van der Waals surface area contributed by atoms with Crippen LogP contribution in [0.25, 0.3) is 0 Å². The van der Waals surface area contributed by atoms with Crippen molar-refractivity contribution in [1.29, 1.82) is 0 Å². The molecule has 1 atom stereocenters. The van der Waals surface area contributed by atoms with Crippen molar-refractivity contribution in [2.45, 2.75) is 52.1 Å². The Hall–Kier alpha value is -3.85. The fourth-order valence-corrected chi connectivity index (χ4v) is 5.54. The van der Waals surface area contributed by atoms with Gasteiger partial charge in [0.05, 0.1) is 17.7 Å². The molecule has 0 saturated carbocycles. The van der Waals surface area contributed by atoms with Crippen LogP contribution in [-0.4, -0.2) is 51.4 Å². The molecule has 0 unspecified atom stereocenters. The lowest BCUT2D eigenvalue weighted by atomic mass is 10.1. The van der Waals surface area contributed by atoms with E-state index < -0.39 is 28.5 Å². The molecule has 0 aliphatic rings. The van der Waals surface area contributed by atoms with Gasteiger partial charge in [0.1, 0.15) is 18.3 Å². The van der Waals surface area contributed by atoms with Crippen molar-refractivity contribution in [2.24, 2.45) is 5.92 Å². The molecule has 40 heavy (non-hydrogen) atoms. The molecule has 214 valence electrons. The number of hydrogen-bond acceptors (Lipinski definition) is 5. The summed E-state index contributed by atoms with van der Waals surface area (Å²) in [5, 5.41) is 2.89. The Morgan fingerprint density at radius 2 is 1.45 bits per heavy atom. The number of anilines is 1. The third-order valence-corrected chi connectivity index (χ3v) is 8.34. The molecule has 0 aromatic heterocycles. The molecule has 0 spiro atoms. The molecule has 9 heteroatoms. The fraction of sp³-hybridized carbons (Fsp3) is 0.355. The predicted molar refractivity (Wildman–Crippen MR) is 158 cm³/mol. The van der Waals surface area contributed by atoms with Gasteiger partial charge in [0.2, 0.25) is 11.8 Å². The first kappa shape index (κ1) is 30.7. The first-order valence-electron chi connectivity index (χ1n) is 13.3. The van der Waals surface area contributed by atoms with Crippen molar-refractivity contribution >= 4 is 27.5 Å². The number of hydrogen-bond donors (Lipinski definition) is 1. The summed E-state index contributed by atoms with van der Waals surface area (Å²) in [6, 6.07) is 19.9. The second-order valence-corrected chi connectivity index (χ2v) is 12.2. The standard InChI is InChI=1S/C31H39N3O5S/c1-22(2)19-32-31(36)25(5)33(20-26-15-11-23(3)12-16-26)30(35)21-34(28-9-7-8-10-29(28)39-6)40(37,38)27-17-13-24(4)14-18-27/h7-18,22,25H,19-21H2,1-6H3,(H,32,36)/t25-/m1/s1. The monoisotopic (exact) mass is 565 g/mol. The minimum Gasteiger partial charge on any atom is -0.495 e. The largest absolute Gasteiger partial charge is 0.495 e. The Bertz CT molecular complexity index is 1400. The van der Waals surface area contributed by atoms with Crippen LogP contribution >= 0.6 is 0 Å². The third kappa shape index (κ3) is 7.63. The second-order valence-electron chi connectivity index (χ2n) is 10.3. The molecule has 0 radical (unpaired) electrons. The number of nitrogens with zero attached hydrogens (tertiary/aromatic N) is 2. The highest BCUT2D eigenvalue weighted by Gasteiger charge is 2.33. The molecule has 1 N–H and O–H groups in total. The average molecular weight is 566 g/mol. The van der Waals surface area contributed by atoms with Crippen molar-refractivity contribution in [3.05, 3.63) is 89.5 Å². The van der Waals surface area contributed by atoms with Gasteiger partial charge in [-0.25, -0.2) is 8.42 Å². The van der Waals surface area contributed by atoms with Gasteiger partial charge in [-0.1, -0.05) is 73.5 Å². The number of carbonyl (C=O) groups is 2. The van der Waals surface area contributed by atoms with E-state index in [1.54, 1.807) is 43.3 Å². The van der Waals surface area contributed by atoms with Crippen molar-refractivity contribution in [3.63, 3.8) is 0 Å². The number of ether oxygens (including phenoxy) is 1. The average Bonchev–Trinajstić information content (AvgIpc) is 2.93. The van der Waals surface area contributed by atoms with Gasteiger partial charge < -0.3 is 15.0 Å². The molecule has 0 saturated heterocycles. The van der Waals surface area contributed by atoms with Crippen LogP contribution < -0.4 is 14.4 Å². The van der Waals surface area contributed by atoms with Crippen molar-refractivity contribution in [3.8, 4) is 5.75 Å². The summed E-state index contributed by atoms with van der Waals surface area (Å²) in [5.74, 6) is -0.286. The van der Waals surface area contributed by atoms with Crippen LogP contribution in [0.1, 0.15) is 37.5 Å². The third-order valence-electron chi connectivity index (χ3n) is 6.57. The van der Waals surface area contributed by atoms with E-state index in [9.17, 15) is 18.0 Å². The molecule has 3 rings (SSSR count). The van der Waals surface area contributed by atoms with Crippen LogP contribution in [0.4, 0.5) is 5.69 Å². The van der Waals surface area contributed by atoms with E-state index in [0.29, 0.717) is 12.3 Å². The lowest BCUT2D eigenvalue weighted by Crippen LogP contribution is -2.51. The van der Waals surface area contributed by atoms with Crippen LogP contribution in [0, 0.1) is 19.8 Å². The Kier molecular flexibility index (Phi) is 10.3. The Labute approximate surface area is 238 Å². The highest BCUT2D eigenvalue weighted by Crippen LogP contribution is 2.32. The van der Waals surface area contributed by atoms with E-state index >= 15 is 0 Å². The van der Waals surface area contributed by atoms with E-state index in [2.05, 4.69) is 5.32 Å². The minimum atomic E-state index is -4.17. The van der Waals surface area contributed by atoms with Crippen LogP contribution in [-0.2, 0) is 26.2 Å². The number of amides is 2. The highest BCUT2D eigenvalue weighted by molar-refractivity contribution is 7.92. The molecule has 0 aliphatic heterocycles. The molecule has 8 nitrogen and oxygen atoms in total. The van der Waals surface area contributed by atoms with Gasteiger partial charge in [0.25, 0.3) is 10.0 Å². The zero-order valence-corrected chi connectivity index (χ0v) is 24.9. The van der Waals surface area contributed by atoms with Gasteiger partial charge in [-0.3, -0.25) is 13.9 Å². The van der Waals surface area contributed by atoms with E-state index in [4.69, 9.17) is 4.74 Å². The van der Waals surface area contributed by atoms with Gasteiger partial charge in [-0.05, 0) is 56.5 Å². The van der Waals surface area contributed by atoms with E-state index in [1.165, 1.54) is 24.1 Å². The molecule has 0 heterocycles. The number of methoxy groups -OCH3 is 1. The van der Waals surface area contributed by atoms with Crippen LogP contribution in [0.15, 0.2) is 77.7 Å². The molecular formula is C31H39N3O5S. The van der Waals surface area contributed by atoms with Gasteiger partial charge in [-0.15, -0.1) is 0 Å². The molecule has 0 fully saturated rings. The van der Waals surface area contributed by atoms with Gasteiger partial charge in [0, 0.05) is 13.1 Å². The normalized spacial score (nSPS) is 12.1. The Balaban J connectivity index is 2.04. The highest BCUT2D eigenvalue weighted by atomic mass is 32.2. The number of nitrogens with one attached hydrogen (secondary N) is 1. The van der Waals surface area contributed by atoms with E-state index in [-0.39, 0.29) is 29.0 Å². The van der Waals surface area contributed by atoms with Crippen molar-refractivity contribution in [1.82, 2.24) is 10.2 Å². The number of carbonyl (C=O) groups excluding carboxylic acids is 2. The summed E-state index contributed by atoms with van der Waals surface area (Å²) in [6.07, 6.45) is 0. The Morgan fingerprint density at radius 1 is 0.875 bits per heavy atom. The number of para-hydroxylation sites is 2. The van der Waals surface area contributed by atoms with E-state index in [0.717, 1.165) is 21.0 Å². The number of benzene rings is 3. The molecule has 3 aromatic carbocycles. The maximum absolute atomic E-state index is 14.0. The summed E-state index contributed by atoms with van der Waals surface area (Å²) < 4.78 is 34.5. The SMILES string of the molecule is COc1ccccc1N(CC(=O)N(Cc1ccc(C)cc1)[C@H](C)C(=O)NCC(C)C)S(=O)(=O)c1ccc(C)cc1. The molecule has 2 amide bonds. The van der Waals surface area contributed by atoms with Gasteiger partial charge in [0.15, 0.2) is 0 Å². The second kappa shape index (κ2) is 13.5. The summed E-state index contributed by atoms with van der Waals surface area (Å²) in [4.78, 5) is 28.6. The zero-order valence-electron chi connectivity index (χ0n) is 24.0. The van der Waals surface area contributed by atoms with Crippen molar-refractivity contribution in [2.75, 3.05) is 24.5 Å².